The van der Waals surface area contributed by atoms with Crippen LogP contribution < -0.4 is 4.90 Å². The first kappa shape index (κ1) is 24.4. The Morgan fingerprint density at radius 3 is 2.26 bits per heavy atom. The van der Waals surface area contributed by atoms with Gasteiger partial charge in [0.1, 0.15) is 0 Å². The van der Waals surface area contributed by atoms with Crippen LogP contribution in [0.2, 0.25) is 0 Å². The number of anilines is 1. The largest absolute Gasteiger partial charge is 0.378 e. The summed E-state index contributed by atoms with van der Waals surface area (Å²) in [5, 5.41) is 1.39. The van der Waals surface area contributed by atoms with Gasteiger partial charge in [0.15, 0.2) is 0 Å². The van der Waals surface area contributed by atoms with E-state index in [-0.39, 0.29) is 0 Å². The summed E-state index contributed by atoms with van der Waals surface area (Å²) in [6.45, 7) is 9.78. The van der Waals surface area contributed by atoms with Gasteiger partial charge in [-0.05, 0) is 49.1 Å². The molecule has 0 spiro atoms. The fraction of sp³-hybridized carbons (Fsp3) is 0.364. The van der Waals surface area contributed by atoms with Crippen molar-refractivity contribution in [3.63, 3.8) is 0 Å². The summed E-state index contributed by atoms with van der Waals surface area (Å²) in [5.74, 6) is 1.12. The Balaban J connectivity index is 1.13. The van der Waals surface area contributed by atoms with Crippen molar-refractivity contribution in [2.75, 3.05) is 44.3 Å². The second kappa shape index (κ2) is 10.5. The predicted octanol–water partition coefficient (Wildman–Crippen LogP) is 6.02. The molecule has 0 unspecified atom stereocenters. The lowest BCUT2D eigenvalue weighted by Crippen LogP contribution is -2.39. The predicted molar refractivity (Wildman–Crippen MR) is 159 cm³/mol. The van der Waals surface area contributed by atoms with Crippen LogP contribution >= 0.6 is 0 Å². The standard InChI is InChI=1S/C33H37N5O/c1-25-29(28-11-5-7-13-31(28)37(25)23-26-9-3-2-4-10-26)24-35-17-15-27(16-18-35)38-32-14-8-6-12-30(32)34-33(38)36-19-21-39-22-20-36/h2-14,27H,15-24H2,1H3. The summed E-state index contributed by atoms with van der Waals surface area (Å²) in [7, 11) is 0. The van der Waals surface area contributed by atoms with Gasteiger partial charge < -0.3 is 18.8 Å². The maximum absolute atomic E-state index is 5.64. The minimum atomic E-state index is 0.465. The topological polar surface area (TPSA) is 38.5 Å². The van der Waals surface area contributed by atoms with Crippen LogP contribution in [0.1, 0.15) is 35.7 Å². The highest BCUT2D eigenvalue weighted by Crippen LogP contribution is 2.35. The molecule has 2 aliphatic heterocycles. The number of benzene rings is 3. The molecule has 3 aromatic carbocycles. The minimum absolute atomic E-state index is 0.465. The number of imidazole rings is 1. The quantitative estimate of drug-likeness (QED) is 0.275. The van der Waals surface area contributed by atoms with Gasteiger partial charge >= 0.3 is 0 Å². The van der Waals surface area contributed by atoms with Crippen molar-refractivity contribution in [1.82, 2.24) is 19.0 Å². The first-order chi connectivity index (χ1) is 19.3. The van der Waals surface area contributed by atoms with Crippen molar-refractivity contribution in [1.29, 1.82) is 0 Å². The average Bonchev–Trinajstić information content (AvgIpc) is 3.51. The van der Waals surface area contributed by atoms with E-state index < -0.39 is 0 Å². The summed E-state index contributed by atoms with van der Waals surface area (Å²) in [6, 6.07) is 28.8. The third-order valence-corrected chi connectivity index (χ3v) is 8.72. The van der Waals surface area contributed by atoms with Crippen LogP contribution in [0, 0.1) is 6.92 Å². The molecular weight excluding hydrogens is 482 g/mol. The number of hydrogen-bond acceptors (Lipinski definition) is 4. The highest BCUT2D eigenvalue weighted by molar-refractivity contribution is 5.85. The average molecular weight is 520 g/mol. The molecule has 2 saturated heterocycles. The fourth-order valence-corrected chi connectivity index (χ4v) is 6.61. The molecule has 39 heavy (non-hydrogen) atoms. The number of rotatable bonds is 6. The molecule has 0 N–H and O–H groups in total. The lowest BCUT2D eigenvalue weighted by Gasteiger charge is -2.36. The Bertz CT molecular complexity index is 1570. The molecule has 2 fully saturated rings. The molecule has 7 rings (SSSR count). The normalized spacial score (nSPS) is 17.4. The van der Waals surface area contributed by atoms with Crippen LogP contribution in [0.25, 0.3) is 21.9 Å². The number of nitrogens with zero attached hydrogens (tertiary/aromatic N) is 5. The number of aromatic nitrogens is 3. The van der Waals surface area contributed by atoms with E-state index in [9.17, 15) is 0 Å². The second-order valence-electron chi connectivity index (χ2n) is 11.0. The van der Waals surface area contributed by atoms with Crippen molar-refractivity contribution in [3.05, 3.63) is 95.7 Å². The molecule has 0 radical (unpaired) electrons. The van der Waals surface area contributed by atoms with E-state index in [1.54, 1.807) is 0 Å². The fourth-order valence-electron chi connectivity index (χ4n) is 6.61. The van der Waals surface area contributed by atoms with E-state index in [0.29, 0.717) is 6.04 Å². The van der Waals surface area contributed by atoms with Crippen LogP contribution in [0.4, 0.5) is 5.95 Å². The zero-order valence-corrected chi connectivity index (χ0v) is 22.8. The molecular formula is C33H37N5O. The molecule has 2 aliphatic rings. The van der Waals surface area contributed by atoms with E-state index >= 15 is 0 Å². The van der Waals surface area contributed by atoms with Crippen molar-refractivity contribution >= 4 is 27.9 Å². The molecule has 200 valence electrons. The van der Waals surface area contributed by atoms with Crippen LogP contribution in [-0.2, 0) is 17.8 Å². The van der Waals surface area contributed by atoms with Crippen molar-refractivity contribution < 1.29 is 4.74 Å². The number of ether oxygens (including phenoxy) is 1. The summed E-state index contributed by atoms with van der Waals surface area (Å²) >= 11 is 0. The molecule has 6 heteroatoms. The van der Waals surface area contributed by atoms with Gasteiger partial charge in [-0.1, -0.05) is 60.7 Å². The zero-order valence-electron chi connectivity index (χ0n) is 22.8. The molecule has 2 aromatic heterocycles. The lowest BCUT2D eigenvalue weighted by atomic mass is 10.0. The van der Waals surface area contributed by atoms with Gasteiger partial charge in [0.2, 0.25) is 5.95 Å². The van der Waals surface area contributed by atoms with Gasteiger partial charge in [0, 0.05) is 61.9 Å². The molecule has 4 heterocycles. The van der Waals surface area contributed by atoms with Gasteiger partial charge in [-0.15, -0.1) is 0 Å². The maximum Gasteiger partial charge on any atom is 0.206 e. The van der Waals surface area contributed by atoms with E-state index in [0.717, 1.165) is 76.8 Å². The van der Waals surface area contributed by atoms with Gasteiger partial charge in [-0.25, -0.2) is 4.98 Å². The first-order valence-electron chi connectivity index (χ1n) is 14.4. The number of hydrogen-bond donors (Lipinski definition) is 0. The highest BCUT2D eigenvalue weighted by atomic mass is 16.5. The summed E-state index contributed by atoms with van der Waals surface area (Å²) in [4.78, 5) is 10.2. The van der Waals surface area contributed by atoms with Gasteiger partial charge in [-0.2, -0.15) is 0 Å². The molecule has 0 aliphatic carbocycles. The monoisotopic (exact) mass is 519 g/mol. The number of piperidine rings is 1. The summed E-state index contributed by atoms with van der Waals surface area (Å²) in [6.07, 6.45) is 2.28. The van der Waals surface area contributed by atoms with E-state index in [1.807, 2.05) is 0 Å². The maximum atomic E-state index is 5.64. The smallest absolute Gasteiger partial charge is 0.206 e. The number of fused-ring (bicyclic) bond motifs is 2. The highest BCUT2D eigenvalue weighted by Gasteiger charge is 2.28. The minimum Gasteiger partial charge on any atom is -0.378 e. The Kier molecular flexibility index (Phi) is 6.59. The Labute approximate surface area is 230 Å². The number of morpholine rings is 1. The van der Waals surface area contributed by atoms with Crippen LogP contribution in [0.15, 0.2) is 78.9 Å². The third kappa shape index (κ3) is 4.62. The molecule has 0 amide bonds. The number of likely N-dealkylation sites (tertiary alicyclic amines) is 1. The van der Waals surface area contributed by atoms with Crippen LogP contribution in [0.3, 0.4) is 0 Å². The summed E-state index contributed by atoms with van der Waals surface area (Å²) in [5.41, 5.74) is 7.90. The van der Waals surface area contributed by atoms with Crippen molar-refractivity contribution in [2.24, 2.45) is 0 Å². The Morgan fingerprint density at radius 2 is 1.46 bits per heavy atom. The summed E-state index contributed by atoms with van der Waals surface area (Å²) < 4.78 is 10.7. The zero-order chi connectivity index (χ0) is 26.2. The van der Waals surface area contributed by atoms with E-state index in [4.69, 9.17) is 9.72 Å². The molecule has 0 bridgehead atoms. The van der Waals surface area contributed by atoms with E-state index in [2.05, 4.69) is 105 Å². The van der Waals surface area contributed by atoms with Crippen LogP contribution in [-0.4, -0.2) is 58.4 Å². The van der Waals surface area contributed by atoms with Crippen LogP contribution in [0.5, 0.6) is 0 Å². The van der Waals surface area contributed by atoms with Crippen molar-refractivity contribution in [2.45, 2.75) is 38.9 Å². The molecule has 6 nitrogen and oxygen atoms in total. The van der Waals surface area contributed by atoms with E-state index in [1.165, 1.54) is 33.2 Å². The van der Waals surface area contributed by atoms with Gasteiger partial charge in [0.25, 0.3) is 0 Å². The third-order valence-electron chi connectivity index (χ3n) is 8.72. The van der Waals surface area contributed by atoms with Crippen molar-refractivity contribution in [3.8, 4) is 0 Å². The second-order valence-corrected chi connectivity index (χ2v) is 11.0. The Morgan fingerprint density at radius 1 is 0.769 bits per heavy atom. The van der Waals surface area contributed by atoms with Gasteiger partial charge in [0.05, 0.1) is 24.2 Å². The first-order valence-corrected chi connectivity index (χ1v) is 14.4. The number of para-hydroxylation sites is 3. The van der Waals surface area contributed by atoms with Gasteiger partial charge in [-0.3, -0.25) is 4.90 Å². The molecule has 0 saturated carbocycles. The molecule has 0 atom stereocenters. The lowest BCUT2D eigenvalue weighted by molar-refractivity contribution is 0.121. The molecule has 5 aromatic rings. The SMILES string of the molecule is Cc1c(CN2CCC(n3c(N4CCOCC4)nc4ccccc43)CC2)c2ccccc2n1Cc1ccccc1. The Hall–Kier alpha value is -3.61.